The minimum Gasteiger partial charge on any atom is -0.443 e. The molecule has 3 heterocycles. The summed E-state index contributed by atoms with van der Waals surface area (Å²) >= 11 is 2.08. The third-order valence-corrected chi connectivity index (χ3v) is 3.96. The van der Waals surface area contributed by atoms with Crippen molar-refractivity contribution in [3.05, 3.63) is 46.1 Å². The highest BCUT2D eigenvalue weighted by molar-refractivity contribution is 14.1. The zero-order valence-electron chi connectivity index (χ0n) is 14.7. The van der Waals surface area contributed by atoms with Crippen LogP contribution in [0.15, 0.2) is 36.8 Å². The molecule has 0 aliphatic rings. The molecule has 0 aromatic carbocycles. The molecule has 0 fully saturated rings. The average Bonchev–Trinajstić information content (AvgIpc) is 2.92. The summed E-state index contributed by atoms with van der Waals surface area (Å²) < 4.78 is 7.82. The van der Waals surface area contributed by atoms with Gasteiger partial charge in [-0.05, 0) is 60.5 Å². The van der Waals surface area contributed by atoms with Crippen LogP contribution in [0.2, 0.25) is 0 Å². The van der Waals surface area contributed by atoms with Gasteiger partial charge in [-0.3, -0.25) is 9.88 Å². The highest BCUT2D eigenvalue weighted by Crippen LogP contribution is 2.22. The summed E-state index contributed by atoms with van der Waals surface area (Å²) in [6.07, 6.45) is 4.42. The van der Waals surface area contributed by atoms with E-state index in [1.165, 1.54) is 15.6 Å². The summed E-state index contributed by atoms with van der Waals surface area (Å²) in [4.78, 5) is 22.9. The number of hydrogen-bond acceptors (Lipinski definition) is 5. The standard InChI is InChI=1S/C17H17BIN5O2/c1-17(2,3)26-16(25)23(10-11-5-4-6-20-8-11)14-7-13(19)22-15-12(18)9-21-24(14)15/h4-9H,10H2,1-3H3. The van der Waals surface area contributed by atoms with Crippen molar-refractivity contribution in [3.8, 4) is 0 Å². The molecule has 3 aromatic heterocycles. The quantitative estimate of drug-likeness (QED) is 0.341. The maximum atomic E-state index is 12.9. The van der Waals surface area contributed by atoms with Crippen molar-refractivity contribution in [3.63, 3.8) is 0 Å². The lowest BCUT2D eigenvalue weighted by Gasteiger charge is -2.27. The van der Waals surface area contributed by atoms with Gasteiger partial charge in [-0.2, -0.15) is 9.61 Å². The van der Waals surface area contributed by atoms with E-state index in [1.54, 1.807) is 18.5 Å². The van der Waals surface area contributed by atoms with Gasteiger partial charge < -0.3 is 4.74 Å². The van der Waals surface area contributed by atoms with Gasteiger partial charge in [-0.1, -0.05) is 6.07 Å². The van der Waals surface area contributed by atoms with Crippen LogP contribution in [0.4, 0.5) is 10.6 Å². The van der Waals surface area contributed by atoms with Crippen molar-refractivity contribution in [1.29, 1.82) is 0 Å². The molecule has 2 radical (unpaired) electrons. The number of carbonyl (C=O) groups excluding carboxylic acids is 1. The van der Waals surface area contributed by atoms with Crippen LogP contribution in [-0.4, -0.2) is 39.1 Å². The van der Waals surface area contributed by atoms with Crippen LogP contribution in [0.3, 0.4) is 0 Å². The van der Waals surface area contributed by atoms with Crippen molar-refractivity contribution >= 4 is 53.5 Å². The zero-order chi connectivity index (χ0) is 18.9. The molecule has 3 aromatic rings. The second-order valence-electron chi connectivity index (χ2n) is 6.70. The van der Waals surface area contributed by atoms with Crippen molar-refractivity contribution in [1.82, 2.24) is 19.6 Å². The molecule has 0 spiro atoms. The number of rotatable bonds is 3. The topological polar surface area (TPSA) is 72.6 Å². The minimum absolute atomic E-state index is 0.276. The summed E-state index contributed by atoms with van der Waals surface area (Å²) in [7, 11) is 5.95. The summed E-state index contributed by atoms with van der Waals surface area (Å²) in [5.74, 6) is 0.522. The van der Waals surface area contributed by atoms with Gasteiger partial charge in [0.25, 0.3) is 0 Å². The number of hydrogen-bond donors (Lipinski definition) is 0. The van der Waals surface area contributed by atoms with Gasteiger partial charge in [0.2, 0.25) is 0 Å². The lowest BCUT2D eigenvalue weighted by atomic mass is 10.0. The van der Waals surface area contributed by atoms with Gasteiger partial charge in [0.15, 0.2) is 5.65 Å². The Hall–Kier alpha value is -2.17. The van der Waals surface area contributed by atoms with Crippen LogP contribution in [0.25, 0.3) is 5.65 Å². The van der Waals surface area contributed by atoms with E-state index in [-0.39, 0.29) is 6.54 Å². The minimum atomic E-state index is -0.632. The Bertz CT molecular complexity index is 939. The Morgan fingerprint density at radius 3 is 2.81 bits per heavy atom. The molecule has 26 heavy (non-hydrogen) atoms. The van der Waals surface area contributed by atoms with E-state index < -0.39 is 11.7 Å². The number of carbonyl (C=O) groups is 1. The lowest BCUT2D eigenvalue weighted by molar-refractivity contribution is 0.0575. The van der Waals surface area contributed by atoms with E-state index >= 15 is 0 Å². The number of pyridine rings is 1. The first-order valence-electron chi connectivity index (χ1n) is 7.94. The second kappa shape index (κ2) is 7.22. The number of anilines is 1. The Morgan fingerprint density at radius 2 is 2.15 bits per heavy atom. The van der Waals surface area contributed by atoms with Gasteiger partial charge in [0.05, 0.1) is 6.54 Å². The van der Waals surface area contributed by atoms with Crippen molar-refractivity contribution in [2.45, 2.75) is 32.9 Å². The molecule has 0 atom stereocenters. The van der Waals surface area contributed by atoms with Gasteiger partial charge >= 0.3 is 6.09 Å². The summed E-state index contributed by atoms with van der Waals surface area (Å²) in [6.45, 7) is 5.75. The molecule has 0 N–H and O–H groups in total. The first-order valence-corrected chi connectivity index (χ1v) is 9.01. The molecule has 1 amide bonds. The Balaban J connectivity index is 2.10. The van der Waals surface area contributed by atoms with Crippen molar-refractivity contribution in [2.75, 3.05) is 4.90 Å². The van der Waals surface area contributed by atoms with Gasteiger partial charge in [-0.25, -0.2) is 9.78 Å². The van der Waals surface area contributed by atoms with Crippen LogP contribution in [-0.2, 0) is 11.3 Å². The molecule has 0 unspecified atom stereocenters. The van der Waals surface area contributed by atoms with E-state index in [1.807, 2.05) is 32.9 Å². The fourth-order valence-electron chi connectivity index (χ4n) is 2.36. The zero-order valence-corrected chi connectivity index (χ0v) is 16.8. The van der Waals surface area contributed by atoms with Gasteiger partial charge in [0, 0.05) is 24.7 Å². The summed E-state index contributed by atoms with van der Waals surface area (Å²) in [6, 6.07) is 5.48. The first-order chi connectivity index (χ1) is 12.2. The number of aromatic nitrogens is 4. The predicted molar refractivity (Wildman–Crippen MR) is 108 cm³/mol. The fourth-order valence-corrected chi connectivity index (χ4v) is 2.86. The highest BCUT2D eigenvalue weighted by atomic mass is 127. The number of amides is 1. The van der Waals surface area contributed by atoms with Crippen LogP contribution < -0.4 is 10.4 Å². The van der Waals surface area contributed by atoms with Crippen molar-refractivity contribution < 1.29 is 9.53 Å². The monoisotopic (exact) mass is 461 g/mol. The largest absolute Gasteiger partial charge is 0.443 e. The predicted octanol–water partition coefficient (Wildman–Crippen LogP) is 2.46. The smallest absolute Gasteiger partial charge is 0.416 e. The number of ether oxygens (including phenoxy) is 1. The molecule has 0 aliphatic heterocycles. The van der Waals surface area contributed by atoms with Crippen LogP contribution in [0.1, 0.15) is 26.3 Å². The molecule has 0 saturated heterocycles. The van der Waals surface area contributed by atoms with Crippen LogP contribution in [0.5, 0.6) is 0 Å². The van der Waals surface area contributed by atoms with E-state index in [4.69, 9.17) is 12.6 Å². The average molecular weight is 461 g/mol. The summed E-state index contributed by atoms with van der Waals surface area (Å²) in [5.41, 5.74) is 1.16. The molecule has 0 bridgehead atoms. The van der Waals surface area contributed by atoms with E-state index in [0.29, 0.717) is 20.6 Å². The molecule has 9 heteroatoms. The maximum absolute atomic E-state index is 12.9. The van der Waals surface area contributed by atoms with E-state index in [9.17, 15) is 4.79 Å². The molecule has 0 aliphatic carbocycles. The van der Waals surface area contributed by atoms with E-state index in [2.05, 4.69) is 37.7 Å². The first kappa shape index (κ1) is 18.6. The Labute approximate surface area is 166 Å². The molecular weight excluding hydrogens is 444 g/mol. The lowest BCUT2D eigenvalue weighted by Crippen LogP contribution is -2.37. The Morgan fingerprint density at radius 1 is 1.38 bits per heavy atom. The number of nitrogens with zero attached hydrogens (tertiary/aromatic N) is 5. The van der Waals surface area contributed by atoms with Crippen LogP contribution in [0, 0.1) is 3.70 Å². The van der Waals surface area contributed by atoms with Gasteiger partial charge in [0.1, 0.15) is 23.0 Å². The molecular formula is C17H17BIN5O2. The van der Waals surface area contributed by atoms with E-state index in [0.717, 1.165) is 5.56 Å². The van der Waals surface area contributed by atoms with Gasteiger partial charge in [-0.15, -0.1) is 0 Å². The fraction of sp³-hybridized carbons (Fsp3) is 0.294. The highest BCUT2D eigenvalue weighted by Gasteiger charge is 2.26. The second-order valence-corrected chi connectivity index (χ2v) is 7.81. The number of fused-ring (bicyclic) bond motifs is 1. The Kier molecular flexibility index (Phi) is 5.17. The third-order valence-electron chi connectivity index (χ3n) is 3.40. The van der Waals surface area contributed by atoms with Crippen molar-refractivity contribution in [2.24, 2.45) is 0 Å². The number of halogens is 1. The summed E-state index contributed by atoms with van der Waals surface area (Å²) in [5, 5.41) is 4.26. The maximum Gasteiger partial charge on any atom is 0.416 e. The normalized spacial score (nSPS) is 11.5. The molecule has 7 nitrogen and oxygen atoms in total. The molecule has 132 valence electrons. The molecule has 3 rings (SSSR count). The SMILES string of the molecule is [B]c1cnn2c(N(Cc3cccnc3)C(=O)OC(C)(C)C)cc(I)nc12. The van der Waals surface area contributed by atoms with Crippen LogP contribution >= 0.6 is 22.6 Å². The third kappa shape index (κ3) is 4.14. The molecule has 0 saturated carbocycles.